The molecule has 0 spiro atoms. The van der Waals surface area contributed by atoms with Crippen LogP contribution in [-0.2, 0) is 7.05 Å². The van der Waals surface area contributed by atoms with Crippen molar-refractivity contribution in [2.75, 3.05) is 0 Å². The normalized spacial score (nSPS) is 10.7. The molecule has 0 bridgehead atoms. The van der Waals surface area contributed by atoms with Gasteiger partial charge in [0.15, 0.2) is 11.6 Å². The second-order valence-electron chi connectivity index (χ2n) is 8.13. The molecular formula is C31H23NO2. The zero-order valence-corrected chi connectivity index (χ0v) is 18.8. The molecule has 1 heterocycles. The minimum atomic E-state index is -0.170. The molecule has 0 aliphatic carbocycles. The van der Waals surface area contributed by atoms with Crippen molar-refractivity contribution in [2.45, 2.75) is 0 Å². The van der Waals surface area contributed by atoms with E-state index in [1.54, 1.807) is 24.3 Å². The summed E-state index contributed by atoms with van der Waals surface area (Å²) in [5.41, 5.74) is 5.17. The predicted molar refractivity (Wildman–Crippen MR) is 136 cm³/mol. The summed E-state index contributed by atoms with van der Waals surface area (Å²) in [6.07, 6.45) is 0. The second-order valence-corrected chi connectivity index (χ2v) is 8.13. The van der Waals surface area contributed by atoms with Gasteiger partial charge in [-0.05, 0) is 11.1 Å². The van der Waals surface area contributed by atoms with E-state index in [0.29, 0.717) is 22.3 Å². The van der Waals surface area contributed by atoms with Crippen LogP contribution in [0, 0.1) is 0 Å². The molecule has 0 unspecified atom stereocenters. The van der Waals surface area contributed by atoms with E-state index in [9.17, 15) is 9.59 Å². The summed E-state index contributed by atoms with van der Waals surface area (Å²) in [4.78, 5) is 28.1. The van der Waals surface area contributed by atoms with Crippen LogP contribution >= 0.6 is 0 Å². The van der Waals surface area contributed by atoms with Crippen LogP contribution in [0.3, 0.4) is 0 Å². The predicted octanol–water partition coefficient (Wildman–Crippen LogP) is 6.82. The lowest BCUT2D eigenvalue weighted by Gasteiger charge is -2.10. The Morgan fingerprint density at radius 1 is 0.471 bits per heavy atom. The van der Waals surface area contributed by atoms with Gasteiger partial charge in [0.05, 0.1) is 22.5 Å². The van der Waals surface area contributed by atoms with Gasteiger partial charge in [0, 0.05) is 18.2 Å². The molecule has 164 valence electrons. The fourth-order valence-corrected chi connectivity index (χ4v) is 4.46. The summed E-state index contributed by atoms with van der Waals surface area (Å²) in [7, 11) is 1.92. The Balaban J connectivity index is 1.89. The minimum absolute atomic E-state index is 0.170. The number of nitrogens with zero attached hydrogens (tertiary/aromatic N) is 1. The Labute approximate surface area is 198 Å². The van der Waals surface area contributed by atoms with Crippen LogP contribution in [0.15, 0.2) is 121 Å². The molecule has 1 aromatic heterocycles. The van der Waals surface area contributed by atoms with Crippen molar-refractivity contribution in [3.8, 4) is 22.5 Å². The van der Waals surface area contributed by atoms with E-state index in [1.165, 1.54) is 0 Å². The van der Waals surface area contributed by atoms with E-state index in [1.807, 2.05) is 109 Å². The number of benzene rings is 4. The van der Waals surface area contributed by atoms with Crippen LogP contribution in [0.1, 0.15) is 31.8 Å². The highest BCUT2D eigenvalue weighted by molar-refractivity contribution is 6.24. The van der Waals surface area contributed by atoms with E-state index in [-0.39, 0.29) is 11.6 Å². The summed E-state index contributed by atoms with van der Waals surface area (Å²) in [5, 5.41) is 0. The van der Waals surface area contributed by atoms with Crippen LogP contribution in [0.4, 0.5) is 0 Å². The topological polar surface area (TPSA) is 39.1 Å². The lowest BCUT2D eigenvalue weighted by Crippen LogP contribution is -2.11. The van der Waals surface area contributed by atoms with Gasteiger partial charge in [-0.1, -0.05) is 121 Å². The Kier molecular flexibility index (Phi) is 5.75. The van der Waals surface area contributed by atoms with Gasteiger partial charge >= 0.3 is 0 Å². The Morgan fingerprint density at radius 2 is 0.765 bits per heavy atom. The smallest absolute Gasteiger partial charge is 0.195 e. The van der Waals surface area contributed by atoms with Crippen LogP contribution < -0.4 is 0 Å². The SMILES string of the molecule is Cn1c(-c2ccccc2)c(C(=O)c2ccccc2)c(C(=O)c2ccccc2)c1-c1ccccc1. The van der Waals surface area contributed by atoms with Crippen molar-refractivity contribution in [3.05, 3.63) is 144 Å². The highest BCUT2D eigenvalue weighted by Crippen LogP contribution is 2.39. The number of aromatic nitrogens is 1. The van der Waals surface area contributed by atoms with Crippen LogP contribution in [0.25, 0.3) is 22.5 Å². The highest BCUT2D eigenvalue weighted by Gasteiger charge is 2.32. The van der Waals surface area contributed by atoms with Crippen molar-refractivity contribution in [2.24, 2.45) is 7.05 Å². The molecule has 0 radical (unpaired) electrons. The van der Waals surface area contributed by atoms with E-state index in [4.69, 9.17) is 0 Å². The second kappa shape index (κ2) is 9.16. The number of carbonyl (C=O) groups is 2. The third-order valence-corrected chi connectivity index (χ3v) is 6.01. The van der Waals surface area contributed by atoms with E-state index < -0.39 is 0 Å². The van der Waals surface area contributed by atoms with Crippen molar-refractivity contribution < 1.29 is 9.59 Å². The number of carbonyl (C=O) groups excluding carboxylic acids is 2. The maximum Gasteiger partial charge on any atom is 0.195 e. The van der Waals surface area contributed by atoms with Gasteiger partial charge in [-0.2, -0.15) is 0 Å². The van der Waals surface area contributed by atoms with Gasteiger partial charge < -0.3 is 4.57 Å². The average Bonchev–Trinajstić information content (AvgIpc) is 3.22. The Hall–Kier alpha value is -4.50. The number of rotatable bonds is 6. The molecule has 0 aliphatic rings. The standard InChI is InChI=1S/C31H23NO2/c1-32-28(22-14-6-2-7-15-22)26(30(33)24-18-10-4-11-19-24)27(29(32)23-16-8-3-9-17-23)31(34)25-20-12-5-13-21-25/h2-21H,1H3. The zero-order chi connectivity index (χ0) is 23.5. The van der Waals surface area contributed by atoms with Gasteiger partial charge in [0.25, 0.3) is 0 Å². The quantitative estimate of drug-likeness (QED) is 0.271. The van der Waals surface area contributed by atoms with Crippen LogP contribution in [0.5, 0.6) is 0 Å². The molecule has 0 saturated heterocycles. The molecule has 3 nitrogen and oxygen atoms in total. The molecule has 0 fully saturated rings. The van der Waals surface area contributed by atoms with Crippen LogP contribution in [-0.4, -0.2) is 16.1 Å². The molecule has 0 aliphatic heterocycles. The first-order valence-corrected chi connectivity index (χ1v) is 11.2. The number of ketones is 2. The maximum absolute atomic E-state index is 14.0. The average molecular weight is 442 g/mol. The molecular weight excluding hydrogens is 418 g/mol. The highest BCUT2D eigenvalue weighted by atomic mass is 16.1. The van der Waals surface area contributed by atoms with Gasteiger partial charge in [0.1, 0.15) is 0 Å². The first kappa shape index (κ1) is 21.4. The summed E-state index contributed by atoms with van der Waals surface area (Å²) in [6.45, 7) is 0. The molecule has 5 rings (SSSR count). The fourth-order valence-electron chi connectivity index (χ4n) is 4.46. The molecule has 4 aromatic carbocycles. The van der Waals surface area contributed by atoms with Gasteiger partial charge in [-0.15, -0.1) is 0 Å². The van der Waals surface area contributed by atoms with Gasteiger partial charge in [0.2, 0.25) is 0 Å². The third-order valence-electron chi connectivity index (χ3n) is 6.01. The largest absolute Gasteiger partial charge is 0.342 e. The zero-order valence-electron chi connectivity index (χ0n) is 18.8. The van der Waals surface area contributed by atoms with Crippen molar-refractivity contribution in [1.82, 2.24) is 4.57 Å². The first-order chi connectivity index (χ1) is 16.7. The third kappa shape index (κ3) is 3.78. The van der Waals surface area contributed by atoms with Gasteiger partial charge in [-0.25, -0.2) is 0 Å². The molecule has 0 atom stereocenters. The monoisotopic (exact) mass is 441 g/mol. The molecule has 34 heavy (non-hydrogen) atoms. The lowest BCUT2D eigenvalue weighted by molar-refractivity contribution is 0.100. The molecule has 3 heteroatoms. The number of hydrogen-bond donors (Lipinski definition) is 0. The van der Waals surface area contributed by atoms with E-state index in [2.05, 4.69) is 0 Å². The molecule has 0 saturated carbocycles. The van der Waals surface area contributed by atoms with Gasteiger partial charge in [-0.3, -0.25) is 9.59 Å². The van der Waals surface area contributed by atoms with E-state index >= 15 is 0 Å². The van der Waals surface area contributed by atoms with Crippen molar-refractivity contribution in [3.63, 3.8) is 0 Å². The molecule has 0 N–H and O–H groups in total. The van der Waals surface area contributed by atoms with Crippen molar-refractivity contribution in [1.29, 1.82) is 0 Å². The summed E-state index contributed by atoms with van der Waals surface area (Å²) in [6, 6.07) is 37.9. The Morgan fingerprint density at radius 3 is 1.09 bits per heavy atom. The summed E-state index contributed by atoms with van der Waals surface area (Å²) in [5.74, 6) is -0.340. The fraction of sp³-hybridized carbons (Fsp3) is 0.0323. The van der Waals surface area contributed by atoms with Crippen molar-refractivity contribution >= 4 is 11.6 Å². The number of hydrogen-bond acceptors (Lipinski definition) is 2. The maximum atomic E-state index is 14.0. The lowest BCUT2D eigenvalue weighted by atomic mass is 9.90. The summed E-state index contributed by atoms with van der Waals surface area (Å²) >= 11 is 0. The molecule has 0 amide bonds. The van der Waals surface area contributed by atoms with Crippen LogP contribution in [0.2, 0.25) is 0 Å². The van der Waals surface area contributed by atoms with E-state index in [0.717, 1.165) is 22.5 Å². The minimum Gasteiger partial charge on any atom is -0.342 e. The first-order valence-electron chi connectivity index (χ1n) is 11.2. The summed E-state index contributed by atoms with van der Waals surface area (Å²) < 4.78 is 1.98. The molecule has 5 aromatic rings. The Bertz CT molecular complexity index is 1340.